The molecule has 0 saturated heterocycles. The Labute approximate surface area is 101 Å². The lowest BCUT2D eigenvalue weighted by atomic mass is 10.1. The molecule has 0 bridgehead atoms. The Balaban J connectivity index is 2.09. The van der Waals surface area contributed by atoms with Crippen molar-refractivity contribution in [2.45, 2.75) is 25.6 Å². The fraction of sp³-hybridized carbons (Fsp3) is 0.308. The summed E-state index contributed by atoms with van der Waals surface area (Å²) in [5.74, 6) is 0. The zero-order valence-corrected chi connectivity index (χ0v) is 9.82. The predicted molar refractivity (Wildman–Crippen MR) is 66.4 cm³/mol. The van der Waals surface area contributed by atoms with Crippen molar-refractivity contribution in [2.24, 2.45) is 5.73 Å². The van der Waals surface area contributed by atoms with Crippen molar-refractivity contribution in [1.29, 1.82) is 0 Å². The van der Waals surface area contributed by atoms with Crippen LogP contribution in [0, 0.1) is 0 Å². The molecule has 3 N–H and O–H groups in total. The number of aromatic nitrogens is 2. The summed E-state index contributed by atoms with van der Waals surface area (Å²) in [6.45, 7) is 2.48. The maximum Gasteiger partial charge on any atom is 0.0968 e. The smallest absolute Gasteiger partial charge is 0.0968 e. The van der Waals surface area contributed by atoms with Gasteiger partial charge in [0.2, 0.25) is 0 Å². The largest absolute Gasteiger partial charge is 0.387 e. The molecule has 17 heavy (non-hydrogen) atoms. The van der Waals surface area contributed by atoms with Gasteiger partial charge in [-0.3, -0.25) is 4.68 Å². The number of nitrogens with zero attached hydrogens (tertiary/aromatic N) is 2. The summed E-state index contributed by atoms with van der Waals surface area (Å²) in [7, 11) is 0. The number of hydrogen-bond acceptors (Lipinski definition) is 3. The second-order valence-corrected chi connectivity index (χ2v) is 4.26. The highest BCUT2D eigenvalue weighted by molar-refractivity contribution is 5.16. The number of nitrogens with two attached hydrogens (primary N) is 1. The molecule has 0 aliphatic rings. The third-order valence-corrected chi connectivity index (χ3v) is 2.68. The zero-order valence-electron chi connectivity index (χ0n) is 9.82. The molecule has 0 aliphatic carbocycles. The fourth-order valence-corrected chi connectivity index (χ4v) is 1.69. The lowest BCUT2D eigenvalue weighted by Gasteiger charge is -2.11. The molecule has 1 heterocycles. The van der Waals surface area contributed by atoms with Gasteiger partial charge in [-0.2, -0.15) is 5.10 Å². The van der Waals surface area contributed by atoms with Gasteiger partial charge in [-0.25, -0.2) is 0 Å². The maximum atomic E-state index is 9.80. The van der Waals surface area contributed by atoms with E-state index in [1.165, 1.54) is 5.56 Å². The predicted octanol–water partition coefficient (Wildman–Crippen LogP) is 1.31. The first-order chi connectivity index (χ1) is 8.16. The van der Waals surface area contributed by atoms with Crippen LogP contribution in [0.5, 0.6) is 0 Å². The summed E-state index contributed by atoms with van der Waals surface area (Å²) in [5, 5.41) is 14.0. The molecule has 0 spiro atoms. The lowest BCUT2D eigenvalue weighted by molar-refractivity contribution is 0.153. The third kappa shape index (κ3) is 2.93. The summed E-state index contributed by atoms with van der Waals surface area (Å²) < 4.78 is 1.80. The Bertz CT molecular complexity index is 465. The molecule has 1 aromatic carbocycles. The Hall–Kier alpha value is -1.65. The van der Waals surface area contributed by atoms with Gasteiger partial charge in [0, 0.05) is 17.8 Å². The van der Waals surface area contributed by atoms with Crippen molar-refractivity contribution < 1.29 is 5.11 Å². The van der Waals surface area contributed by atoms with Crippen LogP contribution in [-0.2, 0) is 6.54 Å². The van der Waals surface area contributed by atoms with Crippen LogP contribution in [0.4, 0.5) is 0 Å². The van der Waals surface area contributed by atoms with Gasteiger partial charge in [0.25, 0.3) is 0 Å². The van der Waals surface area contributed by atoms with E-state index in [4.69, 9.17) is 5.73 Å². The highest BCUT2D eigenvalue weighted by atomic mass is 16.3. The van der Waals surface area contributed by atoms with Crippen LogP contribution in [-0.4, -0.2) is 20.9 Å². The van der Waals surface area contributed by atoms with E-state index in [1.54, 1.807) is 17.8 Å². The summed E-state index contributed by atoms with van der Waals surface area (Å²) >= 11 is 0. The highest BCUT2D eigenvalue weighted by Crippen LogP contribution is 2.14. The Morgan fingerprint density at radius 3 is 2.71 bits per heavy atom. The Morgan fingerprint density at radius 1 is 1.35 bits per heavy atom. The van der Waals surface area contributed by atoms with Crippen molar-refractivity contribution in [3.63, 3.8) is 0 Å². The van der Waals surface area contributed by atoms with Gasteiger partial charge >= 0.3 is 0 Å². The SMILES string of the molecule is CC(N)C(O)c1cnn(Cc2ccccc2)c1. The number of hydrogen-bond donors (Lipinski definition) is 2. The van der Waals surface area contributed by atoms with Gasteiger partial charge in [0.05, 0.1) is 18.8 Å². The lowest BCUT2D eigenvalue weighted by Crippen LogP contribution is -2.24. The van der Waals surface area contributed by atoms with Gasteiger partial charge in [0.1, 0.15) is 0 Å². The first kappa shape index (κ1) is 11.8. The van der Waals surface area contributed by atoms with Crippen LogP contribution >= 0.6 is 0 Å². The Morgan fingerprint density at radius 2 is 2.06 bits per heavy atom. The third-order valence-electron chi connectivity index (χ3n) is 2.68. The normalized spacial score (nSPS) is 14.5. The monoisotopic (exact) mass is 231 g/mol. The van der Waals surface area contributed by atoms with Crippen molar-refractivity contribution >= 4 is 0 Å². The summed E-state index contributed by atoms with van der Waals surface area (Å²) in [6.07, 6.45) is 2.84. The van der Waals surface area contributed by atoms with Crippen LogP contribution in [0.3, 0.4) is 0 Å². The number of aliphatic hydroxyl groups is 1. The molecule has 0 saturated carbocycles. The molecule has 1 aromatic heterocycles. The molecule has 0 aliphatic heterocycles. The van der Waals surface area contributed by atoms with Crippen molar-refractivity contribution in [1.82, 2.24) is 9.78 Å². The van der Waals surface area contributed by atoms with E-state index in [1.807, 2.05) is 36.5 Å². The number of aliphatic hydroxyl groups excluding tert-OH is 1. The zero-order chi connectivity index (χ0) is 12.3. The number of rotatable bonds is 4. The van der Waals surface area contributed by atoms with E-state index in [0.29, 0.717) is 6.54 Å². The minimum Gasteiger partial charge on any atom is -0.387 e. The molecule has 0 amide bonds. The molecule has 90 valence electrons. The van der Waals surface area contributed by atoms with E-state index in [2.05, 4.69) is 5.10 Å². The molecule has 4 heteroatoms. The van der Waals surface area contributed by atoms with Crippen molar-refractivity contribution in [2.75, 3.05) is 0 Å². The molecular weight excluding hydrogens is 214 g/mol. The van der Waals surface area contributed by atoms with E-state index in [-0.39, 0.29) is 6.04 Å². The molecular formula is C13H17N3O. The van der Waals surface area contributed by atoms with Crippen molar-refractivity contribution in [3.8, 4) is 0 Å². The first-order valence-corrected chi connectivity index (χ1v) is 5.67. The van der Waals surface area contributed by atoms with Gasteiger partial charge in [0.15, 0.2) is 0 Å². The maximum absolute atomic E-state index is 9.80. The van der Waals surface area contributed by atoms with Crippen molar-refractivity contribution in [3.05, 3.63) is 53.9 Å². The average Bonchev–Trinajstić information content (AvgIpc) is 2.77. The molecule has 2 atom stereocenters. The highest BCUT2D eigenvalue weighted by Gasteiger charge is 2.14. The van der Waals surface area contributed by atoms with Crippen LogP contribution in [0.1, 0.15) is 24.2 Å². The van der Waals surface area contributed by atoms with Gasteiger partial charge in [-0.05, 0) is 12.5 Å². The van der Waals surface area contributed by atoms with E-state index < -0.39 is 6.10 Å². The van der Waals surface area contributed by atoms with Crippen LogP contribution in [0.15, 0.2) is 42.7 Å². The number of benzene rings is 1. The summed E-state index contributed by atoms with van der Waals surface area (Å²) in [4.78, 5) is 0. The molecule has 0 fully saturated rings. The molecule has 2 rings (SSSR count). The Kier molecular flexibility index (Phi) is 3.56. The fourth-order valence-electron chi connectivity index (χ4n) is 1.69. The second kappa shape index (κ2) is 5.12. The molecule has 0 radical (unpaired) electrons. The summed E-state index contributed by atoms with van der Waals surface area (Å²) in [5.41, 5.74) is 7.58. The second-order valence-electron chi connectivity index (χ2n) is 4.26. The van der Waals surface area contributed by atoms with Gasteiger partial charge < -0.3 is 10.8 Å². The van der Waals surface area contributed by atoms with Gasteiger partial charge in [-0.15, -0.1) is 0 Å². The van der Waals surface area contributed by atoms with Crippen LogP contribution in [0.2, 0.25) is 0 Å². The minimum atomic E-state index is -0.653. The van der Waals surface area contributed by atoms with Gasteiger partial charge in [-0.1, -0.05) is 30.3 Å². The quantitative estimate of drug-likeness (QED) is 0.834. The standard InChI is InChI=1S/C13H17N3O/c1-10(14)13(17)12-7-15-16(9-12)8-11-5-3-2-4-6-11/h2-7,9-10,13,17H,8,14H2,1H3. The van der Waals surface area contributed by atoms with E-state index in [0.717, 1.165) is 5.56 Å². The molecule has 4 nitrogen and oxygen atoms in total. The molecule has 2 unspecified atom stereocenters. The summed E-state index contributed by atoms with van der Waals surface area (Å²) in [6, 6.07) is 9.78. The van der Waals surface area contributed by atoms with Crippen LogP contribution < -0.4 is 5.73 Å². The van der Waals surface area contributed by atoms with E-state index in [9.17, 15) is 5.11 Å². The average molecular weight is 231 g/mol. The van der Waals surface area contributed by atoms with E-state index >= 15 is 0 Å². The first-order valence-electron chi connectivity index (χ1n) is 5.67. The topological polar surface area (TPSA) is 64.1 Å². The minimum absolute atomic E-state index is 0.288. The van der Waals surface area contributed by atoms with Crippen LogP contribution in [0.25, 0.3) is 0 Å². The molecule has 2 aromatic rings.